The monoisotopic (exact) mass is 330 g/mol. The number of likely N-dealkylation sites (tertiary alicyclic amines) is 1. The van der Waals surface area contributed by atoms with Gasteiger partial charge in [-0.2, -0.15) is 0 Å². The Labute approximate surface area is 121 Å². The van der Waals surface area contributed by atoms with Gasteiger partial charge < -0.3 is 10.2 Å². The minimum atomic E-state index is 0.0636. The zero-order chi connectivity index (χ0) is 13.1. The van der Waals surface area contributed by atoms with Gasteiger partial charge in [-0.15, -0.1) is 11.3 Å². The Bertz CT molecular complexity index is 411. The van der Waals surface area contributed by atoms with Crippen LogP contribution in [0.1, 0.15) is 36.4 Å². The molecule has 2 rings (SSSR count). The molecule has 0 atom stereocenters. The predicted molar refractivity (Wildman–Crippen MR) is 79.2 cm³/mol. The van der Waals surface area contributed by atoms with Gasteiger partial charge in [-0.3, -0.25) is 4.79 Å². The first-order valence-corrected chi connectivity index (χ1v) is 7.97. The maximum Gasteiger partial charge on any atom is 0.261 e. The zero-order valence-electron chi connectivity index (χ0n) is 10.8. The first-order chi connectivity index (χ1) is 8.56. The van der Waals surface area contributed by atoms with E-state index >= 15 is 0 Å². The van der Waals surface area contributed by atoms with Gasteiger partial charge in [-0.1, -0.05) is 0 Å². The van der Waals surface area contributed by atoms with Crippen LogP contribution in [0.25, 0.3) is 0 Å². The van der Waals surface area contributed by atoms with Crippen LogP contribution in [0.2, 0.25) is 0 Å². The third-order valence-electron chi connectivity index (χ3n) is 3.39. The molecule has 1 amide bonds. The molecule has 1 saturated heterocycles. The number of thiophene rings is 1. The van der Waals surface area contributed by atoms with E-state index in [1.54, 1.807) is 0 Å². The Morgan fingerprint density at radius 3 is 2.61 bits per heavy atom. The summed E-state index contributed by atoms with van der Waals surface area (Å²) >= 11 is 4.87. The van der Waals surface area contributed by atoms with Crippen molar-refractivity contribution in [1.82, 2.24) is 10.2 Å². The number of piperidine rings is 1. The van der Waals surface area contributed by atoms with Crippen LogP contribution in [0.3, 0.4) is 0 Å². The van der Waals surface area contributed by atoms with Crippen LogP contribution in [0.15, 0.2) is 15.9 Å². The maximum absolute atomic E-state index is 12.0. The predicted octanol–water partition coefficient (Wildman–Crippen LogP) is 3.11. The normalized spacial score (nSPS) is 18.2. The van der Waals surface area contributed by atoms with Gasteiger partial charge in [0.15, 0.2) is 0 Å². The summed E-state index contributed by atoms with van der Waals surface area (Å²) in [7, 11) is 0. The third kappa shape index (κ3) is 3.56. The average molecular weight is 331 g/mol. The second kappa shape index (κ2) is 6.17. The highest BCUT2D eigenvalue weighted by Crippen LogP contribution is 2.22. The molecular weight excluding hydrogens is 312 g/mol. The number of amides is 1. The Morgan fingerprint density at radius 2 is 2.11 bits per heavy atom. The molecule has 1 aromatic rings. The second-order valence-corrected chi connectivity index (χ2v) is 7.44. The van der Waals surface area contributed by atoms with Crippen LogP contribution in [0, 0.1) is 0 Å². The molecule has 18 heavy (non-hydrogen) atoms. The Kier molecular flexibility index (Phi) is 4.81. The Hall–Kier alpha value is -0.390. The van der Waals surface area contributed by atoms with E-state index in [-0.39, 0.29) is 5.91 Å². The molecule has 0 unspecified atom stereocenters. The minimum absolute atomic E-state index is 0.0636. The molecule has 0 spiro atoms. The van der Waals surface area contributed by atoms with Gasteiger partial charge in [-0.25, -0.2) is 0 Å². The van der Waals surface area contributed by atoms with E-state index in [4.69, 9.17) is 0 Å². The van der Waals surface area contributed by atoms with Crippen molar-refractivity contribution in [2.45, 2.75) is 38.8 Å². The van der Waals surface area contributed by atoms with Crippen LogP contribution in [0.4, 0.5) is 0 Å². The van der Waals surface area contributed by atoms with E-state index in [9.17, 15) is 4.79 Å². The summed E-state index contributed by atoms with van der Waals surface area (Å²) in [4.78, 5) is 15.3. The van der Waals surface area contributed by atoms with Crippen LogP contribution in [-0.4, -0.2) is 36.0 Å². The number of hydrogen-bond donors (Lipinski definition) is 1. The van der Waals surface area contributed by atoms with Crippen molar-refractivity contribution < 1.29 is 4.79 Å². The van der Waals surface area contributed by atoms with Gasteiger partial charge in [-0.05, 0) is 54.8 Å². The SMILES string of the molecule is CC(C)N1CCC(NC(=O)c2ccc(Br)s2)CC1. The van der Waals surface area contributed by atoms with E-state index in [2.05, 4.69) is 40.0 Å². The molecule has 0 aliphatic carbocycles. The lowest BCUT2D eigenvalue weighted by Crippen LogP contribution is -2.46. The number of nitrogens with zero attached hydrogens (tertiary/aromatic N) is 1. The highest BCUT2D eigenvalue weighted by molar-refractivity contribution is 9.11. The molecule has 1 fully saturated rings. The van der Waals surface area contributed by atoms with Gasteiger partial charge in [0.1, 0.15) is 0 Å². The number of carbonyl (C=O) groups is 1. The molecule has 0 radical (unpaired) electrons. The molecule has 2 heterocycles. The highest BCUT2D eigenvalue weighted by atomic mass is 79.9. The maximum atomic E-state index is 12.0. The number of nitrogens with one attached hydrogen (secondary N) is 1. The summed E-state index contributed by atoms with van der Waals surface area (Å²) in [5.41, 5.74) is 0. The van der Waals surface area contributed by atoms with Crippen LogP contribution < -0.4 is 5.32 Å². The standard InChI is InChI=1S/C13H19BrN2OS/c1-9(2)16-7-5-10(6-8-16)15-13(17)11-3-4-12(14)18-11/h3-4,9-10H,5-8H2,1-2H3,(H,15,17). The van der Waals surface area contributed by atoms with E-state index in [1.807, 2.05) is 12.1 Å². The van der Waals surface area contributed by atoms with Gasteiger partial charge in [0.2, 0.25) is 0 Å². The summed E-state index contributed by atoms with van der Waals surface area (Å²) in [5.74, 6) is 0.0636. The molecule has 0 bridgehead atoms. The number of hydrogen-bond acceptors (Lipinski definition) is 3. The molecule has 3 nitrogen and oxygen atoms in total. The topological polar surface area (TPSA) is 32.3 Å². The number of carbonyl (C=O) groups excluding carboxylic acids is 1. The van der Waals surface area contributed by atoms with E-state index in [1.165, 1.54) is 11.3 Å². The summed E-state index contributed by atoms with van der Waals surface area (Å²) in [6.45, 7) is 6.61. The Balaban J connectivity index is 1.83. The van der Waals surface area contributed by atoms with Crippen molar-refractivity contribution in [3.8, 4) is 0 Å². The fraction of sp³-hybridized carbons (Fsp3) is 0.615. The van der Waals surface area contributed by atoms with Crippen molar-refractivity contribution in [2.24, 2.45) is 0 Å². The fourth-order valence-corrected chi connectivity index (χ4v) is 3.54. The van der Waals surface area contributed by atoms with Crippen LogP contribution in [0.5, 0.6) is 0 Å². The Morgan fingerprint density at radius 1 is 1.44 bits per heavy atom. The fourth-order valence-electron chi connectivity index (χ4n) is 2.25. The summed E-state index contributed by atoms with van der Waals surface area (Å²) in [6.07, 6.45) is 2.10. The molecule has 0 aromatic carbocycles. The first kappa shape index (κ1) is 14.0. The first-order valence-electron chi connectivity index (χ1n) is 6.36. The van der Waals surface area contributed by atoms with Gasteiger partial charge >= 0.3 is 0 Å². The lowest BCUT2D eigenvalue weighted by atomic mass is 10.0. The van der Waals surface area contributed by atoms with Crippen molar-refractivity contribution in [3.05, 3.63) is 20.8 Å². The van der Waals surface area contributed by atoms with Gasteiger partial charge in [0, 0.05) is 25.2 Å². The number of rotatable bonds is 3. The molecule has 1 aliphatic heterocycles. The van der Waals surface area contributed by atoms with Crippen molar-refractivity contribution >= 4 is 33.2 Å². The van der Waals surface area contributed by atoms with Crippen molar-refractivity contribution in [1.29, 1.82) is 0 Å². The lowest BCUT2D eigenvalue weighted by Gasteiger charge is -2.34. The lowest BCUT2D eigenvalue weighted by molar-refractivity contribution is 0.0904. The van der Waals surface area contributed by atoms with Crippen molar-refractivity contribution in [3.63, 3.8) is 0 Å². The molecule has 1 N–H and O–H groups in total. The van der Waals surface area contributed by atoms with Gasteiger partial charge in [0.05, 0.1) is 8.66 Å². The smallest absolute Gasteiger partial charge is 0.261 e. The van der Waals surface area contributed by atoms with E-state index in [0.29, 0.717) is 12.1 Å². The summed E-state index contributed by atoms with van der Waals surface area (Å²) in [6, 6.07) is 4.72. The summed E-state index contributed by atoms with van der Waals surface area (Å²) < 4.78 is 1.00. The minimum Gasteiger partial charge on any atom is -0.349 e. The third-order valence-corrected chi connectivity index (χ3v) is 5.01. The summed E-state index contributed by atoms with van der Waals surface area (Å²) in [5, 5.41) is 3.13. The van der Waals surface area contributed by atoms with E-state index < -0.39 is 0 Å². The van der Waals surface area contributed by atoms with Crippen LogP contribution in [-0.2, 0) is 0 Å². The highest BCUT2D eigenvalue weighted by Gasteiger charge is 2.22. The molecule has 1 aliphatic rings. The van der Waals surface area contributed by atoms with Crippen LogP contribution >= 0.6 is 27.3 Å². The molecule has 5 heteroatoms. The quantitative estimate of drug-likeness (QED) is 0.923. The van der Waals surface area contributed by atoms with Crippen molar-refractivity contribution in [2.75, 3.05) is 13.1 Å². The largest absolute Gasteiger partial charge is 0.349 e. The van der Waals surface area contributed by atoms with E-state index in [0.717, 1.165) is 34.6 Å². The molecule has 0 saturated carbocycles. The molecule has 1 aromatic heterocycles. The average Bonchev–Trinajstić information content (AvgIpc) is 2.76. The van der Waals surface area contributed by atoms with Gasteiger partial charge in [0.25, 0.3) is 5.91 Å². The number of halogens is 1. The molecular formula is C13H19BrN2OS. The second-order valence-electron chi connectivity index (χ2n) is 4.98. The molecule has 100 valence electrons. The zero-order valence-corrected chi connectivity index (χ0v) is 13.2.